The van der Waals surface area contributed by atoms with Crippen molar-refractivity contribution in [3.05, 3.63) is 47.5 Å². The van der Waals surface area contributed by atoms with Gasteiger partial charge in [0.1, 0.15) is 5.75 Å². The number of rotatable bonds is 7. The molecule has 0 bridgehead atoms. The van der Waals surface area contributed by atoms with E-state index in [9.17, 15) is 4.79 Å². The van der Waals surface area contributed by atoms with Crippen molar-refractivity contribution in [3.63, 3.8) is 0 Å². The number of hydrogen-bond donors (Lipinski definition) is 1. The number of anilines is 1. The van der Waals surface area contributed by atoms with Crippen LogP contribution in [0, 0.1) is 13.8 Å². The summed E-state index contributed by atoms with van der Waals surface area (Å²) in [5.74, 6) is 1.86. The van der Waals surface area contributed by atoms with Crippen LogP contribution >= 0.6 is 0 Å². The zero-order valence-electron chi connectivity index (χ0n) is 14.5. The second-order valence-corrected chi connectivity index (χ2v) is 5.54. The summed E-state index contributed by atoms with van der Waals surface area (Å²) >= 11 is 0. The molecule has 24 heavy (non-hydrogen) atoms. The molecule has 0 heterocycles. The van der Waals surface area contributed by atoms with Gasteiger partial charge < -0.3 is 19.5 Å². The van der Waals surface area contributed by atoms with Crippen molar-refractivity contribution in [1.82, 2.24) is 0 Å². The topological polar surface area (TPSA) is 56.8 Å². The molecule has 0 aliphatic carbocycles. The molecule has 0 aromatic heterocycles. The van der Waals surface area contributed by atoms with Crippen LogP contribution in [-0.4, -0.2) is 26.7 Å². The van der Waals surface area contributed by atoms with Gasteiger partial charge in [-0.05, 0) is 49.2 Å². The summed E-state index contributed by atoms with van der Waals surface area (Å²) in [4.78, 5) is 12.0. The van der Waals surface area contributed by atoms with E-state index in [0.717, 1.165) is 16.9 Å². The Morgan fingerprint density at radius 2 is 1.62 bits per heavy atom. The molecule has 2 aromatic carbocycles. The van der Waals surface area contributed by atoms with Gasteiger partial charge in [0.25, 0.3) is 0 Å². The number of hydrogen-bond acceptors (Lipinski definition) is 4. The Morgan fingerprint density at radius 1 is 0.958 bits per heavy atom. The molecule has 0 fully saturated rings. The number of nitrogens with one attached hydrogen (secondary N) is 1. The lowest BCUT2D eigenvalue weighted by molar-refractivity contribution is -0.116. The summed E-state index contributed by atoms with van der Waals surface area (Å²) in [5, 5.41) is 2.82. The van der Waals surface area contributed by atoms with E-state index in [2.05, 4.69) is 11.4 Å². The van der Waals surface area contributed by atoms with Gasteiger partial charge in [-0.15, -0.1) is 0 Å². The number of carbonyl (C=O) groups is 1. The van der Waals surface area contributed by atoms with Crippen molar-refractivity contribution in [2.75, 3.05) is 26.1 Å². The van der Waals surface area contributed by atoms with Crippen LogP contribution in [0.1, 0.15) is 17.5 Å². The summed E-state index contributed by atoms with van der Waals surface area (Å²) in [6.07, 6.45) is 0.265. The van der Waals surface area contributed by atoms with E-state index in [-0.39, 0.29) is 12.3 Å². The minimum Gasteiger partial charge on any atom is -0.493 e. The minimum absolute atomic E-state index is 0.119. The zero-order valence-corrected chi connectivity index (χ0v) is 14.5. The van der Waals surface area contributed by atoms with Crippen LogP contribution in [0.15, 0.2) is 36.4 Å². The van der Waals surface area contributed by atoms with Gasteiger partial charge in [0.2, 0.25) is 5.91 Å². The number of methoxy groups -OCH3 is 2. The second-order valence-electron chi connectivity index (χ2n) is 5.54. The fourth-order valence-electron chi connectivity index (χ4n) is 2.42. The van der Waals surface area contributed by atoms with E-state index >= 15 is 0 Å². The van der Waals surface area contributed by atoms with Crippen molar-refractivity contribution in [2.24, 2.45) is 0 Å². The van der Waals surface area contributed by atoms with Gasteiger partial charge in [-0.2, -0.15) is 0 Å². The van der Waals surface area contributed by atoms with Gasteiger partial charge in [-0.3, -0.25) is 4.79 Å². The Morgan fingerprint density at radius 3 is 2.25 bits per heavy atom. The minimum atomic E-state index is -0.119. The van der Waals surface area contributed by atoms with E-state index in [1.165, 1.54) is 0 Å². The van der Waals surface area contributed by atoms with Gasteiger partial charge in [0.05, 0.1) is 27.2 Å². The molecule has 0 aliphatic rings. The van der Waals surface area contributed by atoms with Gasteiger partial charge in [-0.1, -0.05) is 6.07 Å². The summed E-state index contributed by atoms with van der Waals surface area (Å²) in [7, 11) is 3.13. The Hall–Kier alpha value is -2.69. The molecule has 5 heteroatoms. The van der Waals surface area contributed by atoms with Crippen LogP contribution in [0.25, 0.3) is 0 Å². The molecule has 128 valence electrons. The Labute approximate surface area is 142 Å². The molecule has 0 unspecified atom stereocenters. The Bertz CT molecular complexity index is 692. The van der Waals surface area contributed by atoms with Crippen molar-refractivity contribution < 1.29 is 19.0 Å². The fraction of sp³-hybridized carbons (Fsp3) is 0.316. The standard InChI is InChI=1S/C19H23NO4/c1-13-9-14(2)11-16(10-13)24-8-7-19(21)20-15-5-6-17(22-3)18(12-15)23-4/h5-6,9-12H,7-8H2,1-4H3,(H,20,21). The first kappa shape index (κ1) is 17.7. The zero-order chi connectivity index (χ0) is 17.5. The van der Waals surface area contributed by atoms with Crippen LogP contribution in [0.3, 0.4) is 0 Å². The van der Waals surface area contributed by atoms with Crippen molar-refractivity contribution in [1.29, 1.82) is 0 Å². The molecule has 0 saturated carbocycles. The highest BCUT2D eigenvalue weighted by atomic mass is 16.5. The first-order valence-corrected chi connectivity index (χ1v) is 7.75. The molecule has 2 rings (SSSR count). The summed E-state index contributed by atoms with van der Waals surface area (Å²) in [6.45, 7) is 4.36. The van der Waals surface area contributed by atoms with E-state index in [1.54, 1.807) is 32.4 Å². The normalized spacial score (nSPS) is 10.2. The second kappa shape index (κ2) is 8.24. The average Bonchev–Trinajstić information content (AvgIpc) is 2.53. The first-order chi connectivity index (χ1) is 11.5. The maximum absolute atomic E-state index is 12.0. The Balaban J connectivity index is 1.87. The van der Waals surface area contributed by atoms with Gasteiger partial charge in [0, 0.05) is 11.8 Å². The van der Waals surface area contributed by atoms with Crippen LogP contribution in [0.5, 0.6) is 17.2 Å². The van der Waals surface area contributed by atoms with Crippen LogP contribution in [0.2, 0.25) is 0 Å². The molecule has 1 N–H and O–H groups in total. The maximum Gasteiger partial charge on any atom is 0.227 e. The van der Waals surface area contributed by atoms with Crippen molar-refractivity contribution in [2.45, 2.75) is 20.3 Å². The van der Waals surface area contributed by atoms with Gasteiger partial charge in [0.15, 0.2) is 11.5 Å². The van der Waals surface area contributed by atoms with Gasteiger partial charge in [-0.25, -0.2) is 0 Å². The lowest BCUT2D eigenvalue weighted by Gasteiger charge is -2.11. The molecule has 0 spiro atoms. The largest absolute Gasteiger partial charge is 0.493 e. The third-order valence-corrected chi connectivity index (χ3v) is 3.46. The molecular weight excluding hydrogens is 306 g/mol. The number of benzene rings is 2. The third kappa shape index (κ3) is 4.91. The lowest BCUT2D eigenvalue weighted by Crippen LogP contribution is -2.15. The molecule has 1 amide bonds. The van der Waals surface area contributed by atoms with Crippen LogP contribution in [-0.2, 0) is 4.79 Å². The van der Waals surface area contributed by atoms with Crippen LogP contribution in [0.4, 0.5) is 5.69 Å². The van der Waals surface area contributed by atoms with E-state index in [0.29, 0.717) is 23.8 Å². The molecule has 0 saturated heterocycles. The van der Waals surface area contributed by atoms with Crippen molar-refractivity contribution >= 4 is 11.6 Å². The van der Waals surface area contributed by atoms with E-state index in [4.69, 9.17) is 14.2 Å². The number of aryl methyl sites for hydroxylation is 2. The highest BCUT2D eigenvalue weighted by Crippen LogP contribution is 2.29. The summed E-state index contributed by atoms with van der Waals surface area (Å²) in [5.41, 5.74) is 2.93. The van der Waals surface area contributed by atoms with E-state index < -0.39 is 0 Å². The molecule has 0 radical (unpaired) electrons. The van der Waals surface area contributed by atoms with Gasteiger partial charge >= 0.3 is 0 Å². The highest BCUT2D eigenvalue weighted by molar-refractivity contribution is 5.91. The van der Waals surface area contributed by atoms with E-state index in [1.807, 2.05) is 26.0 Å². The molecule has 2 aromatic rings. The molecule has 5 nitrogen and oxygen atoms in total. The summed E-state index contributed by atoms with van der Waals surface area (Å²) in [6, 6.07) is 11.2. The number of carbonyl (C=O) groups excluding carboxylic acids is 1. The third-order valence-electron chi connectivity index (χ3n) is 3.46. The molecular formula is C19H23NO4. The smallest absolute Gasteiger partial charge is 0.227 e. The highest BCUT2D eigenvalue weighted by Gasteiger charge is 2.08. The first-order valence-electron chi connectivity index (χ1n) is 7.75. The van der Waals surface area contributed by atoms with Crippen LogP contribution < -0.4 is 19.5 Å². The average molecular weight is 329 g/mol. The molecule has 0 atom stereocenters. The molecule has 0 aliphatic heterocycles. The maximum atomic E-state index is 12.0. The summed E-state index contributed by atoms with van der Waals surface area (Å²) < 4.78 is 16.0. The van der Waals surface area contributed by atoms with Crippen molar-refractivity contribution in [3.8, 4) is 17.2 Å². The predicted octanol–water partition coefficient (Wildman–Crippen LogP) is 3.73. The monoisotopic (exact) mass is 329 g/mol. The quantitative estimate of drug-likeness (QED) is 0.841. The SMILES string of the molecule is COc1ccc(NC(=O)CCOc2cc(C)cc(C)c2)cc1OC. The fourth-order valence-corrected chi connectivity index (χ4v) is 2.42. The Kier molecular flexibility index (Phi) is 6.07. The number of ether oxygens (including phenoxy) is 3. The predicted molar refractivity (Wildman–Crippen MR) is 94.2 cm³/mol. The lowest BCUT2D eigenvalue weighted by atomic mass is 10.1. The number of amides is 1.